The van der Waals surface area contributed by atoms with Gasteiger partial charge in [-0.2, -0.15) is 0 Å². The van der Waals surface area contributed by atoms with Gasteiger partial charge >= 0.3 is 6.03 Å². The van der Waals surface area contributed by atoms with E-state index in [0.717, 1.165) is 28.3 Å². The lowest BCUT2D eigenvalue weighted by Gasteiger charge is -2.57. The molecule has 3 atom stereocenters. The van der Waals surface area contributed by atoms with Crippen LogP contribution in [-0.2, 0) is 22.7 Å². The molecular weight excluding hydrogens is 506 g/mol. The summed E-state index contributed by atoms with van der Waals surface area (Å²) in [5.74, 6) is -0.253. The van der Waals surface area contributed by atoms with E-state index in [1.807, 2.05) is 48.2 Å². The Morgan fingerprint density at radius 2 is 1.80 bits per heavy atom. The summed E-state index contributed by atoms with van der Waals surface area (Å²) in [7, 11) is 1.74. The van der Waals surface area contributed by atoms with Gasteiger partial charge in [0.25, 0.3) is 0 Å². The van der Waals surface area contributed by atoms with Crippen molar-refractivity contribution >= 4 is 28.6 Å². The number of carbonyl (C=O) groups excluding carboxylic acids is 3. The fourth-order valence-corrected chi connectivity index (χ4v) is 5.90. The number of hydrazine groups is 1. The van der Waals surface area contributed by atoms with Crippen LogP contribution in [0.1, 0.15) is 37.3 Å². The number of aromatic nitrogens is 1. The molecule has 2 aliphatic rings. The summed E-state index contributed by atoms with van der Waals surface area (Å²) in [5.41, 5.74) is 7.70. The SMILES string of the molecule is C[C@H]1[C@H]2N(C(=O)CN(C)N2C(=O)NCc2ccncc2)[C@@H](CCCCN)C(=O)N1Cc1cccc2ccccc12. The molecule has 0 unspecified atom stereocenters. The highest BCUT2D eigenvalue weighted by atomic mass is 16.2. The molecule has 3 N–H and O–H groups in total. The molecule has 0 bridgehead atoms. The van der Waals surface area contributed by atoms with E-state index in [1.165, 1.54) is 0 Å². The Bertz CT molecular complexity index is 1360. The van der Waals surface area contributed by atoms with Crippen molar-refractivity contribution in [2.75, 3.05) is 20.1 Å². The summed E-state index contributed by atoms with van der Waals surface area (Å²) in [4.78, 5) is 48.8. The number of unbranched alkanes of at least 4 members (excludes halogenated alkanes) is 1. The third kappa shape index (κ3) is 5.37. The molecule has 2 fully saturated rings. The number of benzene rings is 2. The number of nitrogens with two attached hydrogens (primary N) is 1. The van der Waals surface area contributed by atoms with Crippen molar-refractivity contribution < 1.29 is 14.4 Å². The van der Waals surface area contributed by atoms with Crippen LogP contribution < -0.4 is 11.1 Å². The maximum absolute atomic E-state index is 14.1. The van der Waals surface area contributed by atoms with Gasteiger partial charge in [0.15, 0.2) is 0 Å². The second kappa shape index (κ2) is 12.0. The number of pyridine rings is 1. The van der Waals surface area contributed by atoms with Gasteiger partial charge in [0, 0.05) is 32.5 Å². The van der Waals surface area contributed by atoms with Crippen molar-refractivity contribution in [3.8, 4) is 0 Å². The highest BCUT2D eigenvalue weighted by Crippen LogP contribution is 2.33. The smallest absolute Gasteiger partial charge is 0.333 e. The Labute approximate surface area is 234 Å². The van der Waals surface area contributed by atoms with Crippen molar-refractivity contribution in [2.45, 2.75) is 57.5 Å². The second-order valence-corrected chi connectivity index (χ2v) is 10.5. The Kier molecular flexibility index (Phi) is 8.27. The van der Waals surface area contributed by atoms with Gasteiger partial charge in [0.05, 0.1) is 12.6 Å². The third-order valence-corrected chi connectivity index (χ3v) is 7.94. The number of nitrogens with one attached hydrogen (secondary N) is 1. The van der Waals surface area contributed by atoms with Gasteiger partial charge in [-0.1, -0.05) is 42.5 Å². The fourth-order valence-electron chi connectivity index (χ4n) is 5.90. The van der Waals surface area contributed by atoms with Crippen LogP contribution >= 0.6 is 0 Å². The van der Waals surface area contributed by atoms with Crippen molar-refractivity contribution in [1.82, 2.24) is 30.1 Å². The molecule has 3 heterocycles. The summed E-state index contributed by atoms with van der Waals surface area (Å²) in [6.07, 6.45) is 4.67. The molecule has 10 nitrogen and oxygen atoms in total. The molecule has 5 rings (SSSR count). The van der Waals surface area contributed by atoms with E-state index in [0.29, 0.717) is 32.5 Å². The Morgan fingerprint density at radius 3 is 2.58 bits per heavy atom. The summed E-state index contributed by atoms with van der Waals surface area (Å²) in [6.45, 7) is 3.14. The standard InChI is InChI=1S/C30H37N7O3/c1-21-28-36(27(38)20-34(2)37(28)30(40)33-18-22-13-16-32-17-14-22)26(12-5-6-15-31)29(39)35(21)19-24-10-7-9-23-8-3-4-11-25(23)24/h3-4,7-11,13-14,16-17,21,26,28H,5-6,12,15,18-20,31H2,1-2H3,(H,33,40)/t21-,26-,28-/m0/s1. The molecule has 0 saturated carbocycles. The fraction of sp³-hybridized carbons (Fsp3) is 0.400. The quantitative estimate of drug-likeness (QED) is 0.422. The number of hydrogen-bond donors (Lipinski definition) is 2. The molecule has 3 aromatic rings. The molecule has 210 valence electrons. The van der Waals surface area contributed by atoms with Gasteiger partial charge in [-0.3, -0.25) is 14.6 Å². The molecule has 0 aliphatic carbocycles. The summed E-state index contributed by atoms with van der Waals surface area (Å²) < 4.78 is 0. The first-order valence-electron chi connectivity index (χ1n) is 13.9. The molecule has 0 spiro atoms. The number of nitrogens with zero attached hydrogens (tertiary/aromatic N) is 5. The zero-order chi connectivity index (χ0) is 28.2. The van der Waals surface area contributed by atoms with Crippen molar-refractivity contribution in [3.05, 3.63) is 78.1 Å². The van der Waals surface area contributed by atoms with E-state index in [-0.39, 0.29) is 24.4 Å². The van der Waals surface area contributed by atoms with Crippen LogP contribution in [0.5, 0.6) is 0 Å². The van der Waals surface area contributed by atoms with Gasteiger partial charge in [-0.05, 0) is 66.8 Å². The van der Waals surface area contributed by atoms with E-state index in [1.54, 1.807) is 34.4 Å². The normalized spacial score (nSPS) is 21.6. The predicted molar refractivity (Wildman–Crippen MR) is 152 cm³/mol. The molecule has 0 radical (unpaired) electrons. The molecule has 40 heavy (non-hydrogen) atoms. The Hall–Kier alpha value is -4.02. The van der Waals surface area contributed by atoms with Crippen LogP contribution in [0.25, 0.3) is 10.8 Å². The highest BCUT2D eigenvalue weighted by Gasteiger charge is 2.53. The van der Waals surface area contributed by atoms with Gasteiger partial charge in [0.1, 0.15) is 12.2 Å². The lowest BCUT2D eigenvalue weighted by Crippen LogP contribution is -2.78. The van der Waals surface area contributed by atoms with Crippen LogP contribution in [0.3, 0.4) is 0 Å². The molecule has 2 aromatic carbocycles. The van der Waals surface area contributed by atoms with Gasteiger partial charge in [-0.15, -0.1) is 0 Å². The highest BCUT2D eigenvalue weighted by molar-refractivity contribution is 5.92. The zero-order valence-electron chi connectivity index (χ0n) is 23.1. The number of amides is 4. The number of piperazine rings is 1. The molecular formula is C30H37N7O3. The van der Waals surface area contributed by atoms with Crippen LogP contribution in [0, 0.1) is 0 Å². The maximum atomic E-state index is 14.1. The minimum Gasteiger partial charge on any atom is -0.333 e. The Morgan fingerprint density at radius 1 is 1.05 bits per heavy atom. The van der Waals surface area contributed by atoms with E-state index in [9.17, 15) is 14.4 Å². The maximum Gasteiger partial charge on any atom is 0.334 e. The van der Waals surface area contributed by atoms with E-state index < -0.39 is 18.2 Å². The number of urea groups is 1. The summed E-state index contributed by atoms with van der Waals surface area (Å²) in [6, 6.07) is 16.5. The minimum absolute atomic E-state index is 0.00981. The zero-order valence-corrected chi connectivity index (χ0v) is 23.1. The molecule has 2 saturated heterocycles. The first kappa shape index (κ1) is 27.5. The predicted octanol–water partition coefficient (Wildman–Crippen LogP) is 2.69. The number of hydrogen-bond acceptors (Lipinski definition) is 6. The third-order valence-electron chi connectivity index (χ3n) is 7.94. The number of carbonyl (C=O) groups is 3. The molecule has 1 aromatic heterocycles. The molecule has 4 amide bonds. The monoisotopic (exact) mass is 543 g/mol. The Balaban J connectivity index is 1.49. The first-order valence-corrected chi connectivity index (χ1v) is 13.9. The number of rotatable bonds is 8. The first-order chi connectivity index (χ1) is 19.4. The second-order valence-electron chi connectivity index (χ2n) is 10.5. The van der Waals surface area contributed by atoms with Crippen molar-refractivity contribution in [1.29, 1.82) is 0 Å². The van der Waals surface area contributed by atoms with Gasteiger partial charge < -0.3 is 20.9 Å². The minimum atomic E-state index is -0.667. The summed E-state index contributed by atoms with van der Waals surface area (Å²) in [5, 5.41) is 8.43. The van der Waals surface area contributed by atoms with Crippen LogP contribution in [-0.4, -0.2) is 81.0 Å². The average molecular weight is 544 g/mol. The summed E-state index contributed by atoms with van der Waals surface area (Å²) >= 11 is 0. The van der Waals surface area contributed by atoms with Crippen LogP contribution in [0.15, 0.2) is 67.0 Å². The van der Waals surface area contributed by atoms with Gasteiger partial charge in [0.2, 0.25) is 11.8 Å². The van der Waals surface area contributed by atoms with Crippen molar-refractivity contribution in [3.63, 3.8) is 0 Å². The molecule has 10 heteroatoms. The topological polar surface area (TPSA) is 115 Å². The van der Waals surface area contributed by atoms with E-state index in [4.69, 9.17) is 5.73 Å². The lowest BCUT2D eigenvalue weighted by molar-refractivity contribution is -0.196. The van der Waals surface area contributed by atoms with Crippen LogP contribution in [0.4, 0.5) is 4.79 Å². The lowest BCUT2D eigenvalue weighted by atomic mass is 9.95. The van der Waals surface area contributed by atoms with Crippen LogP contribution in [0.2, 0.25) is 0 Å². The van der Waals surface area contributed by atoms with Crippen molar-refractivity contribution in [2.24, 2.45) is 5.73 Å². The van der Waals surface area contributed by atoms with Gasteiger partial charge in [-0.25, -0.2) is 14.8 Å². The number of likely N-dealkylation sites (N-methyl/N-ethyl adjacent to an activating group) is 1. The van der Waals surface area contributed by atoms with E-state index >= 15 is 0 Å². The number of fused-ring (bicyclic) bond motifs is 2. The molecule has 2 aliphatic heterocycles. The van der Waals surface area contributed by atoms with E-state index in [2.05, 4.69) is 28.5 Å². The average Bonchev–Trinajstić information content (AvgIpc) is 2.96. The largest absolute Gasteiger partial charge is 0.334 e.